The second kappa shape index (κ2) is 5.04. The molecule has 0 bridgehead atoms. The zero-order valence-electron chi connectivity index (χ0n) is 8.65. The Bertz CT molecular complexity index is 471. The van der Waals surface area contributed by atoms with Gasteiger partial charge in [-0.1, -0.05) is 23.2 Å². The second-order valence-electron chi connectivity index (χ2n) is 3.43. The van der Waals surface area contributed by atoms with E-state index < -0.39 is 0 Å². The zero-order chi connectivity index (χ0) is 11.5. The summed E-state index contributed by atoms with van der Waals surface area (Å²) in [5.41, 5.74) is 3.92. The van der Waals surface area contributed by atoms with Crippen LogP contribution in [0, 0.1) is 0 Å². The average molecular weight is 273 g/mol. The highest BCUT2D eigenvalue weighted by Gasteiger charge is 2.05. The molecule has 0 aliphatic rings. The molecule has 0 aliphatic heterocycles. The molecule has 5 heteroatoms. The highest BCUT2D eigenvalue weighted by Crippen LogP contribution is 2.27. The summed E-state index contributed by atoms with van der Waals surface area (Å²) in [5.74, 6) is 0. The van der Waals surface area contributed by atoms with Crippen LogP contribution >= 0.6 is 34.5 Å². The van der Waals surface area contributed by atoms with Crippen LogP contribution in [0.2, 0.25) is 10.0 Å². The van der Waals surface area contributed by atoms with E-state index in [1.54, 1.807) is 17.4 Å². The van der Waals surface area contributed by atoms with Crippen LogP contribution in [-0.4, -0.2) is 12.0 Å². The van der Waals surface area contributed by atoms with E-state index in [-0.39, 0.29) is 0 Å². The zero-order valence-corrected chi connectivity index (χ0v) is 11.0. The molecular weight excluding hydrogens is 263 g/mol. The standard InChI is InChI=1S/C11H10Cl2N2S/c1-15(5-8-6-16-7-14-8)9-2-3-10(12)11(13)4-9/h2-4,6-7H,5H2,1H3. The van der Waals surface area contributed by atoms with E-state index in [2.05, 4.69) is 9.88 Å². The number of hydrogen-bond acceptors (Lipinski definition) is 3. The Kier molecular flexibility index (Phi) is 3.69. The molecule has 2 rings (SSSR count). The molecule has 0 N–H and O–H groups in total. The Morgan fingerprint density at radius 1 is 1.31 bits per heavy atom. The molecule has 0 aliphatic carbocycles. The van der Waals surface area contributed by atoms with E-state index in [1.165, 1.54) is 0 Å². The maximum Gasteiger partial charge on any atom is 0.0795 e. The predicted octanol–water partition coefficient (Wildman–Crippen LogP) is 4.09. The Morgan fingerprint density at radius 3 is 2.75 bits per heavy atom. The molecule has 0 saturated carbocycles. The smallest absolute Gasteiger partial charge is 0.0795 e. The molecule has 0 atom stereocenters. The summed E-state index contributed by atoms with van der Waals surface area (Å²) < 4.78 is 0. The van der Waals surface area contributed by atoms with Gasteiger partial charge in [0.2, 0.25) is 0 Å². The highest BCUT2D eigenvalue weighted by atomic mass is 35.5. The Morgan fingerprint density at radius 2 is 2.12 bits per heavy atom. The fourth-order valence-corrected chi connectivity index (χ4v) is 2.21. The van der Waals surface area contributed by atoms with Gasteiger partial charge in [-0.3, -0.25) is 0 Å². The summed E-state index contributed by atoms with van der Waals surface area (Å²) in [5, 5.41) is 3.19. The minimum absolute atomic E-state index is 0.573. The van der Waals surface area contributed by atoms with Crippen LogP contribution in [0.25, 0.3) is 0 Å². The first-order chi connectivity index (χ1) is 7.66. The first kappa shape index (κ1) is 11.7. The maximum absolute atomic E-state index is 5.97. The molecule has 0 saturated heterocycles. The molecule has 16 heavy (non-hydrogen) atoms. The number of benzene rings is 1. The van der Waals surface area contributed by atoms with Gasteiger partial charge in [0.15, 0.2) is 0 Å². The SMILES string of the molecule is CN(Cc1cscn1)c1ccc(Cl)c(Cl)c1. The number of hydrogen-bond donors (Lipinski definition) is 0. The lowest BCUT2D eigenvalue weighted by Gasteiger charge is -2.18. The largest absolute Gasteiger partial charge is 0.369 e. The van der Waals surface area contributed by atoms with Crippen molar-refractivity contribution in [2.24, 2.45) is 0 Å². The summed E-state index contributed by atoms with van der Waals surface area (Å²) in [6.45, 7) is 0.765. The lowest BCUT2D eigenvalue weighted by molar-refractivity contribution is 0.895. The number of aromatic nitrogens is 1. The molecule has 0 radical (unpaired) electrons. The Balaban J connectivity index is 2.14. The van der Waals surface area contributed by atoms with E-state index in [9.17, 15) is 0 Å². The van der Waals surface area contributed by atoms with Crippen molar-refractivity contribution in [3.8, 4) is 0 Å². The second-order valence-corrected chi connectivity index (χ2v) is 4.97. The van der Waals surface area contributed by atoms with Gasteiger partial charge in [0.25, 0.3) is 0 Å². The molecule has 1 aromatic carbocycles. The quantitative estimate of drug-likeness (QED) is 0.837. The highest BCUT2D eigenvalue weighted by molar-refractivity contribution is 7.07. The number of anilines is 1. The molecular formula is C11H10Cl2N2S. The van der Waals surface area contributed by atoms with Crippen molar-refractivity contribution in [2.45, 2.75) is 6.54 Å². The molecule has 2 aromatic rings. The first-order valence-corrected chi connectivity index (χ1v) is 6.40. The van der Waals surface area contributed by atoms with Crippen LogP contribution in [0.5, 0.6) is 0 Å². The van der Waals surface area contributed by atoms with Crippen LogP contribution in [-0.2, 0) is 6.54 Å². The Hall–Kier alpha value is -0.770. The van der Waals surface area contributed by atoms with Crippen LogP contribution < -0.4 is 4.90 Å². The van der Waals surface area contributed by atoms with Crippen molar-refractivity contribution in [3.63, 3.8) is 0 Å². The van der Waals surface area contributed by atoms with E-state index in [4.69, 9.17) is 23.2 Å². The minimum atomic E-state index is 0.573. The third kappa shape index (κ3) is 2.67. The van der Waals surface area contributed by atoms with Crippen molar-refractivity contribution in [1.29, 1.82) is 0 Å². The summed E-state index contributed by atoms with van der Waals surface area (Å²) in [7, 11) is 2.00. The van der Waals surface area contributed by atoms with Gasteiger partial charge in [0.05, 0.1) is 27.8 Å². The van der Waals surface area contributed by atoms with Gasteiger partial charge in [-0.25, -0.2) is 4.98 Å². The van der Waals surface area contributed by atoms with Gasteiger partial charge < -0.3 is 4.90 Å². The minimum Gasteiger partial charge on any atom is -0.369 e. The molecule has 2 nitrogen and oxygen atoms in total. The van der Waals surface area contributed by atoms with E-state index in [0.717, 1.165) is 17.9 Å². The van der Waals surface area contributed by atoms with Crippen molar-refractivity contribution < 1.29 is 0 Å². The van der Waals surface area contributed by atoms with Gasteiger partial charge in [0.1, 0.15) is 0 Å². The third-order valence-electron chi connectivity index (χ3n) is 2.23. The topological polar surface area (TPSA) is 16.1 Å². The number of halogens is 2. The summed E-state index contributed by atoms with van der Waals surface area (Å²) >= 11 is 13.4. The fourth-order valence-electron chi connectivity index (χ4n) is 1.37. The first-order valence-electron chi connectivity index (χ1n) is 4.70. The van der Waals surface area contributed by atoms with Crippen molar-refractivity contribution in [1.82, 2.24) is 4.98 Å². The molecule has 1 aromatic heterocycles. The van der Waals surface area contributed by atoms with Gasteiger partial charge in [-0.15, -0.1) is 11.3 Å². The van der Waals surface area contributed by atoms with E-state index in [0.29, 0.717) is 10.0 Å². The number of thiazole rings is 1. The molecule has 0 fully saturated rings. The van der Waals surface area contributed by atoms with Gasteiger partial charge in [0, 0.05) is 18.1 Å². The number of rotatable bonds is 3. The lowest BCUT2D eigenvalue weighted by atomic mass is 10.3. The van der Waals surface area contributed by atoms with E-state index in [1.807, 2.05) is 30.1 Å². The summed E-state index contributed by atoms with van der Waals surface area (Å²) in [6.07, 6.45) is 0. The van der Waals surface area contributed by atoms with Crippen molar-refractivity contribution >= 4 is 40.2 Å². The van der Waals surface area contributed by atoms with Gasteiger partial charge in [-0.05, 0) is 18.2 Å². The van der Waals surface area contributed by atoms with Crippen molar-refractivity contribution in [2.75, 3.05) is 11.9 Å². The third-order valence-corrected chi connectivity index (χ3v) is 3.60. The Labute approximate surface area is 108 Å². The maximum atomic E-state index is 5.97. The molecule has 0 amide bonds. The van der Waals surface area contributed by atoms with Crippen LogP contribution in [0.3, 0.4) is 0 Å². The summed E-state index contributed by atoms with van der Waals surface area (Å²) in [6, 6.07) is 5.60. The van der Waals surface area contributed by atoms with Crippen LogP contribution in [0.4, 0.5) is 5.69 Å². The summed E-state index contributed by atoms with van der Waals surface area (Å²) in [4.78, 5) is 6.32. The lowest BCUT2D eigenvalue weighted by Crippen LogP contribution is -2.16. The predicted molar refractivity (Wildman–Crippen MR) is 70.7 cm³/mol. The number of nitrogens with zero attached hydrogens (tertiary/aromatic N) is 2. The van der Waals surface area contributed by atoms with Gasteiger partial charge >= 0.3 is 0 Å². The average Bonchev–Trinajstić information content (AvgIpc) is 2.74. The molecule has 0 unspecified atom stereocenters. The molecule has 84 valence electrons. The fraction of sp³-hybridized carbons (Fsp3) is 0.182. The van der Waals surface area contributed by atoms with Crippen LogP contribution in [0.1, 0.15) is 5.69 Å². The normalized spacial score (nSPS) is 10.4. The van der Waals surface area contributed by atoms with Crippen molar-refractivity contribution in [3.05, 3.63) is 44.8 Å². The molecule has 1 heterocycles. The van der Waals surface area contributed by atoms with Gasteiger partial charge in [-0.2, -0.15) is 0 Å². The van der Waals surface area contributed by atoms with Crippen LogP contribution in [0.15, 0.2) is 29.1 Å². The van der Waals surface area contributed by atoms with E-state index >= 15 is 0 Å². The molecule has 0 spiro atoms. The monoisotopic (exact) mass is 272 g/mol.